The van der Waals surface area contributed by atoms with Gasteiger partial charge < -0.3 is 15.5 Å². The van der Waals surface area contributed by atoms with Gasteiger partial charge in [0.2, 0.25) is 0 Å². The lowest BCUT2D eigenvalue weighted by Gasteiger charge is -2.17. The fourth-order valence-electron chi connectivity index (χ4n) is 2.49. The van der Waals surface area contributed by atoms with Crippen LogP contribution in [0.2, 0.25) is 0 Å². The van der Waals surface area contributed by atoms with Crippen LogP contribution in [0.25, 0.3) is 0 Å². The molecule has 0 fully saturated rings. The lowest BCUT2D eigenvalue weighted by atomic mass is 9.90. The number of hydrogen-bond acceptors (Lipinski definition) is 3. The average Bonchev–Trinajstić information content (AvgIpc) is 2.45. The van der Waals surface area contributed by atoms with E-state index in [9.17, 15) is 14.4 Å². The quantitative estimate of drug-likeness (QED) is 0.757. The molecule has 0 aromatic heterocycles. The first-order valence-corrected chi connectivity index (χ1v) is 6.84. The van der Waals surface area contributed by atoms with E-state index < -0.39 is 30.3 Å². The van der Waals surface area contributed by atoms with Crippen molar-refractivity contribution >= 4 is 17.8 Å². The van der Waals surface area contributed by atoms with Crippen LogP contribution >= 0.6 is 0 Å². The molecule has 0 bridgehead atoms. The highest BCUT2D eigenvalue weighted by molar-refractivity contribution is 5.97. The van der Waals surface area contributed by atoms with Gasteiger partial charge in [-0.2, -0.15) is 0 Å². The van der Waals surface area contributed by atoms with Gasteiger partial charge in [0.15, 0.2) is 0 Å². The zero-order chi connectivity index (χ0) is 15.4. The molecule has 6 nitrogen and oxygen atoms in total. The van der Waals surface area contributed by atoms with E-state index in [2.05, 4.69) is 5.32 Å². The van der Waals surface area contributed by atoms with E-state index in [1.165, 1.54) is 5.56 Å². The van der Waals surface area contributed by atoms with Gasteiger partial charge in [-0.25, -0.2) is 4.79 Å². The zero-order valence-electron chi connectivity index (χ0n) is 11.5. The van der Waals surface area contributed by atoms with E-state index in [0.717, 1.165) is 31.2 Å². The van der Waals surface area contributed by atoms with Crippen molar-refractivity contribution < 1.29 is 24.6 Å². The van der Waals surface area contributed by atoms with Gasteiger partial charge in [-0.1, -0.05) is 6.07 Å². The summed E-state index contributed by atoms with van der Waals surface area (Å²) in [4.78, 5) is 33.6. The van der Waals surface area contributed by atoms with Gasteiger partial charge in [0.05, 0.1) is 6.42 Å². The zero-order valence-corrected chi connectivity index (χ0v) is 11.5. The van der Waals surface area contributed by atoms with E-state index in [1.807, 2.05) is 6.07 Å². The Kier molecular flexibility index (Phi) is 4.57. The lowest BCUT2D eigenvalue weighted by molar-refractivity contribution is -0.145. The second-order valence-corrected chi connectivity index (χ2v) is 5.15. The van der Waals surface area contributed by atoms with Gasteiger partial charge in [-0.05, 0) is 48.9 Å². The summed E-state index contributed by atoms with van der Waals surface area (Å²) < 4.78 is 0. The standard InChI is InChI=1S/C15H17NO5/c17-13(18)8-12(15(20)21)16-14(19)11-6-5-9-3-1-2-4-10(9)7-11/h5-7,12H,1-4,8H2,(H,16,19)(H,17,18)(H,20,21)/t12-/m0/s1. The summed E-state index contributed by atoms with van der Waals surface area (Å²) in [7, 11) is 0. The summed E-state index contributed by atoms with van der Waals surface area (Å²) in [6.45, 7) is 0. The van der Waals surface area contributed by atoms with Gasteiger partial charge in [0.25, 0.3) is 5.91 Å². The molecule has 6 heteroatoms. The molecule has 1 amide bonds. The van der Waals surface area contributed by atoms with Crippen molar-refractivity contribution in [2.45, 2.75) is 38.1 Å². The molecule has 1 aromatic rings. The van der Waals surface area contributed by atoms with Crippen LogP contribution in [0.5, 0.6) is 0 Å². The van der Waals surface area contributed by atoms with Crippen molar-refractivity contribution in [2.24, 2.45) is 0 Å². The summed E-state index contributed by atoms with van der Waals surface area (Å²) in [5, 5.41) is 19.8. The van der Waals surface area contributed by atoms with Crippen LogP contribution in [0.4, 0.5) is 0 Å². The highest BCUT2D eigenvalue weighted by Gasteiger charge is 2.24. The molecule has 112 valence electrons. The summed E-state index contributed by atoms with van der Waals surface area (Å²) in [6.07, 6.45) is 3.47. The Hall–Kier alpha value is -2.37. The number of fused-ring (bicyclic) bond motifs is 1. The van der Waals surface area contributed by atoms with E-state index in [-0.39, 0.29) is 0 Å². The maximum absolute atomic E-state index is 12.1. The largest absolute Gasteiger partial charge is 0.481 e. The minimum Gasteiger partial charge on any atom is -0.481 e. The van der Waals surface area contributed by atoms with E-state index in [0.29, 0.717) is 5.56 Å². The molecule has 1 aromatic carbocycles. The fraction of sp³-hybridized carbons (Fsp3) is 0.400. The Balaban J connectivity index is 2.12. The van der Waals surface area contributed by atoms with Crippen molar-refractivity contribution in [3.63, 3.8) is 0 Å². The lowest BCUT2D eigenvalue weighted by Crippen LogP contribution is -2.42. The van der Waals surface area contributed by atoms with Crippen LogP contribution < -0.4 is 5.32 Å². The van der Waals surface area contributed by atoms with Crippen molar-refractivity contribution in [1.82, 2.24) is 5.32 Å². The number of aliphatic carboxylic acids is 2. The minimum absolute atomic E-state index is 0.368. The van der Waals surface area contributed by atoms with E-state index >= 15 is 0 Å². The molecule has 1 atom stereocenters. The molecule has 0 unspecified atom stereocenters. The number of nitrogens with one attached hydrogen (secondary N) is 1. The van der Waals surface area contributed by atoms with Gasteiger partial charge in [-0.3, -0.25) is 9.59 Å². The van der Waals surface area contributed by atoms with Gasteiger partial charge in [-0.15, -0.1) is 0 Å². The van der Waals surface area contributed by atoms with E-state index in [4.69, 9.17) is 10.2 Å². The molecule has 0 spiro atoms. The number of carboxylic acids is 2. The molecule has 3 N–H and O–H groups in total. The Morgan fingerprint density at radius 2 is 1.76 bits per heavy atom. The van der Waals surface area contributed by atoms with Crippen LogP contribution in [0, 0.1) is 0 Å². The molecule has 0 heterocycles. The number of benzene rings is 1. The van der Waals surface area contributed by atoms with Crippen LogP contribution in [-0.2, 0) is 22.4 Å². The maximum Gasteiger partial charge on any atom is 0.326 e. The SMILES string of the molecule is O=C(O)C[C@H](NC(=O)c1ccc2c(c1)CCCC2)C(=O)O. The third kappa shape index (κ3) is 3.81. The normalized spacial score (nSPS) is 14.9. The molecule has 0 saturated carbocycles. The predicted molar refractivity (Wildman–Crippen MR) is 74.2 cm³/mol. The first kappa shape index (κ1) is 15.0. The number of hydrogen-bond donors (Lipinski definition) is 3. The molecule has 1 aliphatic rings. The highest BCUT2D eigenvalue weighted by Crippen LogP contribution is 2.22. The van der Waals surface area contributed by atoms with Gasteiger partial charge in [0.1, 0.15) is 6.04 Å². The van der Waals surface area contributed by atoms with E-state index in [1.54, 1.807) is 12.1 Å². The Morgan fingerprint density at radius 1 is 1.10 bits per heavy atom. The third-order valence-electron chi connectivity index (χ3n) is 3.59. The van der Waals surface area contributed by atoms with Crippen LogP contribution in [0.3, 0.4) is 0 Å². The molecule has 2 rings (SSSR count). The molecular weight excluding hydrogens is 274 g/mol. The monoisotopic (exact) mass is 291 g/mol. The number of carbonyl (C=O) groups is 3. The topological polar surface area (TPSA) is 104 Å². The van der Waals surface area contributed by atoms with Crippen molar-refractivity contribution in [2.75, 3.05) is 0 Å². The molecule has 21 heavy (non-hydrogen) atoms. The number of carboxylic acid groups (broad SMARTS) is 2. The number of rotatable bonds is 5. The first-order chi connectivity index (χ1) is 9.97. The number of amides is 1. The average molecular weight is 291 g/mol. The smallest absolute Gasteiger partial charge is 0.326 e. The van der Waals surface area contributed by atoms with Gasteiger partial charge in [0, 0.05) is 5.56 Å². The minimum atomic E-state index is -1.42. The fourth-order valence-corrected chi connectivity index (χ4v) is 2.49. The number of carbonyl (C=O) groups excluding carboxylic acids is 1. The Morgan fingerprint density at radius 3 is 2.38 bits per heavy atom. The third-order valence-corrected chi connectivity index (χ3v) is 3.59. The molecule has 0 aliphatic heterocycles. The second-order valence-electron chi connectivity index (χ2n) is 5.15. The Bertz CT molecular complexity index is 581. The molecular formula is C15H17NO5. The summed E-state index contributed by atoms with van der Waals surface area (Å²) in [5.41, 5.74) is 2.70. The molecule has 0 saturated heterocycles. The van der Waals surface area contributed by atoms with Crippen molar-refractivity contribution in [1.29, 1.82) is 0 Å². The van der Waals surface area contributed by atoms with Crippen molar-refractivity contribution in [3.05, 3.63) is 34.9 Å². The summed E-state index contributed by atoms with van der Waals surface area (Å²) in [5.74, 6) is -3.19. The molecule has 0 radical (unpaired) electrons. The maximum atomic E-state index is 12.1. The van der Waals surface area contributed by atoms with Gasteiger partial charge >= 0.3 is 11.9 Å². The number of aryl methyl sites for hydroxylation is 2. The molecule has 1 aliphatic carbocycles. The second kappa shape index (κ2) is 6.39. The summed E-state index contributed by atoms with van der Waals surface area (Å²) >= 11 is 0. The Labute approximate surface area is 121 Å². The highest BCUT2D eigenvalue weighted by atomic mass is 16.4. The van der Waals surface area contributed by atoms with Crippen LogP contribution in [-0.4, -0.2) is 34.1 Å². The summed E-state index contributed by atoms with van der Waals surface area (Å²) in [6, 6.07) is 3.88. The van der Waals surface area contributed by atoms with Crippen LogP contribution in [0.1, 0.15) is 40.7 Å². The van der Waals surface area contributed by atoms with Crippen molar-refractivity contribution in [3.8, 4) is 0 Å². The predicted octanol–water partition coefficient (Wildman–Crippen LogP) is 1.22. The first-order valence-electron chi connectivity index (χ1n) is 6.84. The van der Waals surface area contributed by atoms with Crippen LogP contribution in [0.15, 0.2) is 18.2 Å².